The lowest BCUT2D eigenvalue weighted by molar-refractivity contribution is -0.120. The van der Waals surface area contributed by atoms with Gasteiger partial charge in [-0.15, -0.1) is 0 Å². The third-order valence-corrected chi connectivity index (χ3v) is 4.30. The summed E-state index contributed by atoms with van der Waals surface area (Å²) < 4.78 is 0. The van der Waals surface area contributed by atoms with E-state index in [-0.39, 0.29) is 0 Å². The monoisotopic (exact) mass is 245 g/mol. The Morgan fingerprint density at radius 3 is 2.44 bits per heavy atom. The average molecular weight is 245 g/mol. The first-order chi connectivity index (χ1) is 8.58. The molecule has 0 amide bonds. The number of nitrogens with one attached hydrogen (secondary N) is 1. The van der Waals surface area contributed by atoms with E-state index in [2.05, 4.69) is 38.2 Å². The molecule has 0 radical (unpaired) electrons. The van der Waals surface area contributed by atoms with Crippen molar-refractivity contribution in [2.24, 2.45) is 5.92 Å². The highest BCUT2D eigenvalue weighted by Gasteiger charge is 2.18. The molecule has 0 atom stereocenters. The Labute approximate surface area is 110 Å². The highest BCUT2D eigenvalue weighted by Crippen LogP contribution is 2.25. The minimum Gasteiger partial charge on any atom is -0.385 e. The van der Waals surface area contributed by atoms with Crippen molar-refractivity contribution < 1.29 is 4.79 Å². The van der Waals surface area contributed by atoms with Gasteiger partial charge >= 0.3 is 0 Å². The smallest absolute Gasteiger partial charge is 0.132 e. The lowest BCUT2D eigenvalue weighted by Gasteiger charge is -2.22. The number of carbonyl (C=O) groups excluding carboxylic acids is 1. The lowest BCUT2D eigenvalue weighted by atomic mass is 9.88. The van der Waals surface area contributed by atoms with E-state index in [1.807, 2.05) is 0 Å². The van der Waals surface area contributed by atoms with Gasteiger partial charge in [0.1, 0.15) is 5.78 Å². The van der Waals surface area contributed by atoms with Gasteiger partial charge in [-0.1, -0.05) is 6.07 Å². The molecule has 0 heterocycles. The number of aryl methyl sites for hydroxylation is 1. The Kier molecular flexibility index (Phi) is 4.05. The van der Waals surface area contributed by atoms with Gasteiger partial charge < -0.3 is 5.32 Å². The maximum absolute atomic E-state index is 11.2. The normalized spacial score (nSPS) is 16.9. The first-order valence-electron chi connectivity index (χ1n) is 6.90. The van der Waals surface area contributed by atoms with Gasteiger partial charge in [0.15, 0.2) is 0 Å². The average Bonchev–Trinajstić information content (AvgIpc) is 2.37. The van der Waals surface area contributed by atoms with E-state index in [0.717, 1.165) is 32.2 Å². The minimum atomic E-state index is 0.439. The number of hydrogen-bond donors (Lipinski definition) is 1. The Balaban J connectivity index is 1.94. The van der Waals surface area contributed by atoms with Gasteiger partial charge in [0, 0.05) is 25.1 Å². The van der Waals surface area contributed by atoms with Crippen LogP contribution in [0.15, 0.2) is 12.1 Å². The van der Waals surface area contributed by atoms with E-state index in [4.69, 9.17) is 0 Å². The molecule has 0 spiro atoms. The third-order valence-electron chi connectivity index (χ3n) is 4.30. The molecule has 1 aliphatic carbocycles. The standard InChI is InChI=1S/C16H23NO/c1-11-4-9-16(13(3)12(11)2)17-10-14-5-7-15(18)8-6-14/h4,9,14,17H,5-8,10H2,1-3H3. The van der Waals surface area contributed by atoms with E-state index in [1.165, 1.54) is 22.4 Å². The van der Waals surface area contributed by atoms with Crippen LogP contribution in [0.3, 0.4) is 0 Å². The van der Waals surface area contributed by atoms with Crippen molar-refractivity contribution in [1.82, 2.24) is 0 Å². The van der Waals surface area contributed by atoms with Crippen LogP contribution < -0.4 is 5.32 Å². The second-order valence-electron chi connectivity index (χ2n) is 5.54. The lowest BCUT2D eigenvalue weighted by Crippen LogP contribution is -2.21. The zero-order valence-corrected chi connectivity index (χ0v) is 11.7. The second-order valence-corrected chi connectivity index (χ2v) is 5.54. The molecular weight excluding hydrogens is 222 g/mol. The van der Waals surface area contributed by atoms with Crippen molar-refractivity contribution in [3.05, 3.63) is 28.8 Å². The summed E-state index contributed by atoms with van der Waals surface area (Å²) in [5, 5.41) is 3.55. The molecule has 2 nitrogen and oxygen atoms in total. The van der Waals surface area contributed by atoms with E-state index in [0.29, 0.717) is 11.7 Å². The van der Waals surface area contributed by atoms with Crippen molar-refractivity contribution in [3.8, 4) is 0 Å². The molecule has 1 saturated carbocycles. The second kappa shape index (κ2) is 5.55. The predicted octanol–water partition coefficient (Wildman–Crippen LogP) is 3.78. The molecule has 0 saturated heterocycles. The fourth-order valence-corrected chi connectivity index (χ4v) is 2.61. The minimum absolute atomic E-state index is 0.439. The molecule has 1 aliphatic rings. The van der Waals surface area contributed by atoms with Crippen LogP contribution in [0.4, 0.5) is 5.69 Å². The van der Waals surface area contributed by atoms with E-state index in [9.17, 15) is 4.79 Å². The summed E-state index contributed by atoms with van der Waals surface area (Å²) in [5.41, 5.74) is 5.32. The fraction of sp³-hybridized carbons (Fsp3) is 0.562. The van der Waals surface area contributed by atoms with Gasteiger partial charge in [-0.2, -0.15) is 0 Å². The van der Waals surface area contributed by atoms with Crippen molar-refractivity contribution in [1.29, 1.82) is 0 Å². The molecule has 1 N–H and O–H groups in total. The number of rotatable bonds is 3. The number of anilines is 1. The van der Waals surface area contributed by atoms with Crippen LogP contribution in [0.1, 0.15) is 42.4 Å². The summed E-state index contributed by atoms with van der Waals surface area (Å²) in [5.74, 6) is 1.09. The molecule has 1 fully saturated rings. The molecule has 1 aromatic rings. The predicted molar refractivity (Wildman–Crippen MR) is 76.1 cm³/mol. The first kappa shape index (κ1) is 13.1. The molecule has 18 heavy (non-hydrogen) atoms. The molecule has 0 bridgehead atoms. The van der Waals surface area contributed by atoms with Crippen LogP contribution in [-0.4, -0.2) is 12.3 Å². The molecular formula is C16H23NO. The Morgan fingerprint density at radius 2 is 1.78 bits per heavy atom. The Morgan fingerprint density at radius 1 is 1.11 bits per heavy atom. The van der Waals surface area contributed by atoms with Crippen molar-refractivity contribution in [3.63, 3.8) is 0 Å². The fourth-order valence-electron chi connectivity index (χ4n) is 2.61. The quantitative estimate of drug-likeness (QED) is 0.878. The van der Waals surface area contributed by atoms with Gasteiger partial charge in [0.25, 0.3) is 0 Å². The third kappa shape index (κ3) is 2.92. The summed E-state index contributed by atoms with van der Waals surface area (Å²) in [6.45, 7) is 7.50. The zero-order valence-electron chi connectivity index (χ0n) is 11.7. The topological polar surface area (TPSA) is 29.1 Å². The van der Waals surface area contributed by atoms with Gasteiger partial charge in [-0.05, 0) is 62.3 Å². The van der Waals surface area contributed by atoms with Crippen LogP contribution >= 0.6 is 0 Å². The highest BCUT2D eigenvalue weighted by atomic mass is 16.1. The number of benzene rings is 1. The molecule has 1 aromatic carbocycles. The van der Waals surface area contributed by atoms with Crippen LogP contribution in [0, 0.1) is 26.7 Å². The van der Waals surface area contributed by atoms with Gasteiger partial charge in [0.05, 0.1) is 0 Å². The number of ketones is 1. The molecule has 0 aromatic heterocycles. The number of Topliss-reactive ketones (excluding diaryl/α,β-unsaturated/α-hetero) is 1. The highest BCUT2D eigenvalue weighted by molar-refractivity contribution is 5.79. The van der Waals surface area contributed by atoms with Gasteiger partial charge in [-0.3, -0.25) is 4.79 Å². The van der Waals surface area contributed by atoms with Gasteiger partial charge in [0.2, 0.25) is 0 Å². The maximum atomic E-state index is 11.2. The van der Waals surface area contributed by atoms with Gasteiger partial charge in [-0.25, -0.2) is 0 Å². The summed E-state index contributed by atoms with van der Waals surface area (Å²) in [6.07, 6.45) is 3.65. The van der Waals surface area contributed by atoms with E-state index in [1.54, 1.807) is 0 Å². The summed E-state index contributed by atoms with van der Waals surface area (Å²) in [4.78, 5) is 11.2. The maximum Gasteiger partial charge on any atom is 0.132 e. The van der Waals surface area contributed by atoms with Crippen molar-refractivity contribution >= 4 is 11.5 Å². The van der Waals surface area contributed by atoms with E-state index < -0.39 is 0 Å². The SMILES string of the molecule is Cc1ccc(NCC2CCC(=O)CC2)c(C)c1C. The number of hydrogen-bond acceptors (Lipinski definition) is 2. The Hall–Kier alpha value is -1.31. The van der Waals surface area contributed by atoms with Crippen LogP contribution in [0.2, 0.25) is 0 Å². The molecule has 98 valence electrons. The molecule has 0 aliphatic heterocycles. The van der Waals surface area contributed by atoms with Crippen LogP contribution in [0.5, 0.6) is 0 Å². The largest absolute Gasteiger partial charge is 0.385 e. The van der Waals surface area contributed by atoms with Crippen molar-refractivity contribution in [2.75, 3.05) is 11.9 Å². The van der Waals surface area contributed by atoms with Crippen LogP contribution in [0.25, 0.3) is 0 Å². The molecule has 2 heteroatoms. The molecule has 2 rings (SSSR count). The van der Waals surface area contributed by atoms with Crippen LogP contribution in [-0.2, 0) is 4.79 Å². The summed E-state index contributed by atoms with van der Waals surface area (Å²) in [7, 11) is 0. The number of carbonyl (C=O) groups is 1. The molecule has 0 unspecified atom stereocenters. The zero-order chi connectivity index (χ0) is 13.1. The summed E-state index contributed by atoms with van der Waals surface area (Å²) in [6, 6.07) is 4.35. The summed E-state index contributed by atoms with van der Waals surface area (Å²) >= 11 is 0. The Bertz CT molecular complexity index is 441. The first-order valence-corrected chi connectivity index (χ1v) is 6.90. The van der Waals surface area contributed by atoms with E-state index >= 15 is 0 Å². The van der Waals surface area contributed by atoms with Crippen molar-refractivity contribution in [2.45, 2.75) is 46.5 Å².